The molecule has 0 bridgehead atoms. The van der Waals surface area contributed by atoms with E-state index in [9.17, 15) is 14.4 Å². The van der Waals surface area contributed by atoms with Crippen LogP contribution in [-0.2, 0) is 16.1 Å². The number of amides is 2. The Morgan fingerprint density at radius 2 is 1.93 bits per heavy atom. The molecule has 2 N–H and O–H groups in total. The SMILES string of the molecule is CCCNC(=O)CN(CCC)Cc1cc(=O)oc2cc(NC(C)=O)ccc12. The average Bonchev–Trinajstić information content (AvgIpc) is 2.59. The summed E-state index contributed by atoms with van der Waals surface area (Å²) >= 11 is 0. The van der Waals surface area contributed by atoms with Gasteiger partial charge in [0.2, 0.25) is 11.8 Å². The number of benzene rings is 1. The minimum absolute atomic E-state index is 0.0227. The first-order valence-corrected chi connectivity index (χ1v) is 9.26. The van der Waals surface area contributed by atoms with E-state index in [1.54, 1.807) is 12.1 Å². The fourth-order valence-corrected chi connectivity index (χ4v) is 2.94. The van der Waals surface area contributed by atoms with Crippen molar-refractivity contribution in [3.8, 4) is 0 Å². The van der Waals surface area contributed by atoms with E-state index in [4.69, 9.17) is 4.42 Å². The topological polar surface area (TPSA) is 91.7 Å². The molecule has 2 rings (SSSR count). The lowest BCUT2D eigenvalue weighted by Gasteiger charge is -2.21. The Kier molecular flexibility index (Phi) is 7.55. The summed E-state index contributed by atoms with van der Waals surface area (Å²) in [4.78, 5) is 37.3. The minimum Gasteiger partial charge on any atom is -0.423 e. The number of hydrogen-bond acceptors (Lipinski definition) is 5. The molecule has 0 unspecified atom stereocenters. The van der Waals surface area contributed by atoms with Gasteiger partial charge in [0, 0.05) is 43.2 Å². The molecule has 1 heterocycles. The van der Waals surface area contributed by atoms with Crippen molar-refractivity contribution in [3.63, 3.8) is 0 Å². The van der Waals surface area contributed by atoms with Crippen molar-refractivity contribution in [1.82, 2.24) is 10.2 Å². The molecule has 27 heavy (non-hydrogen) atoms. The van der Waals surface area contributed by atoms with Gasteiger partial charge in [0.25, 0.3) is 0 Å². The fraction of sp³-hybridized carbons (Fsp3) is 0.450. The smallest absolute Gasteiger partial charge is 0.336 e. The van der Waals surface area contributed by atoms with Gasteiger partial charge in [-0.1, -0.05) is 13.8 Å². The Labute approximate surface area is 158 Å². The number of carbonyl (C=O) groups excluding carboxylic acids is 2. The standard InChI is InChI=1S/C20H27N3O4/c1-4-8-21-19(25)13-23(9-5-2)12-15-10-20(26)27-18-11-16(22-14(3)24)6-7-17(15)18/h6-7,10-11H,4-5,8-9,12-13H2,1-3H3,(H,21,25)(H,22,24). The quantitative estimate of drug-likeness (QED) is 0.659. The highest BCUT2D eigenvalue weighted by Crippen LogP contribution is 2.22. The van der Waals surface area contributed by atoms with Gasteiger partial charge < -0.3 is 15.1 Å². The molecule has 2 amide bonds. The van der Waals surface area contributed by atoms with Crippen molar-refractivity contribution in [3.05, 3.63) is 40.2 Å². The predicted molar refractivity (Wildman–Crippen MR) is 106 cm³/mol. The molecular weight excluding hydrogens is 346 g/mol. The molecule has 1 aromatic heterocycles. The second kappa shape index (κ2) is 9.87. The summed E-state index contributed by atoms with van der Waals surface area (Å²) in [6, 6.07) is 6.69. The van der Waals surface area contributed by atoms with Gasteiger partial charge in [0.15, 0.2) is 0 Å². The molecule has 0 aliphatic carbocycles. The van der Waals surface area contributed by atoms with Gasteiger partial charge in [-0.05, 0) is 37.1 Å². The monoisotopic (exact) mass is 373 g/mol. The maximum Gasteiger partial charge on any atom is 0.336 e. The molecule has 1 aromatic carbocycles. The van der Waals surface area contributed by atoms with Crippen molar-refractivity contribution in [1.29, 1.82) is 0 Å². The van der Waals surface area contributed by atoms with Gasteiger partial charge in [0.1, 0.15) is 5.58 Å². The lowest BCUT2D eigenvalue weighted by molar-refractivity contribution is -0.122. The van der Waals surface area contributed by atoms with Crippen LogP contribution in [-0.4, -0.2) is 36.3 Å². The molecule has 0 fully saturated rings. The summed E-state index contributed by atoms with van der Waals surface area (Å²) in [6.45, 7) is 7.62. The van der Waals surface area contributed by atoms with Crippen LogP contribution in [0.2, 0.25) is 0 Å². The van der Waals surface area contributed by atoms with E-state index in [-0.39, 0.29) is 18.4 Å². The number of carbonyl (C=O) groups is 2. The third kappa shape index (κ3) is 6.21. The van der Waals surface area contributed by atoms with E-state index < -0.39 is 5.63 Å². The molecule has 0 aliphatic heterocycles. The first-order chi connectivity index (χ1) is 12.9. The Bertz CT molecular complexity index is 860. The second-order valence-corrected chi connectivity index (χ2v) is 6.54. The largest absolute Gasteiger partial charge is 0.423 e. The van der Waals surface area contributed by atoms with Crippen LogP contribution in [0.5, 0.6) is 0 Å². The number of anilines is 1. The molecule has 0 saturated heterocycles. The van der Waals surface area contributed by atoms with Gasteiger partial charge in [-0.3, -0.25) is 14.5 Å². The molecule has 7 heteroatoms. The molecule has 0 radical (unpaired) electrons. The molecule has 0 atom stereocenters. The normalized spacial score (nSPS) is 11.0. The zero-order chi connectivity index (χ0) is 19.8. The van der Waals surface area contributed by atoms with E-state index in [2.05, 4.69) is 10.6 Å². The van der Waals surface area contributed by atoms with Crippen molar-refractivity contribution >= 4 is 28.5 Å². The van der Waals surface area contributed by atoms with E-state index in [0.717, 1.165) is 30.3 Å². The maximum atomic E-state index is 12.1. The minimum atomic E-state index is -0.454. The van der Waals surface area contributed by atoms with Crippen molar-refractivity contribution in [2.45, 2.75) is 40.2 Å². The van der Waals surface area contributed by atoms with Gasteiger partial charge >= 0.3 is 5.63 Å². The summed E-state index contributed by atoms with van der Waals surface area (Å²) in [5.74, 6) is -0.217. The molecule has 0 spiro atoms. The second-order valence-electron chi connectivity index (χ2n) is 6.54. The highest BCUT2D eigenvalue weighted by molar-refractivity contribution is 5.92. The molecule has 7 nitrogen and oxygen atoms in total. The summed E-state index contributed by atoms with van der Waals surface area (Å²) in [7, 11) is 0. The molecule has 0 saturated carbocycles. The highest BCUT2D eigenvalue weighted by atomic mass is 16.4. The Morgan fingerprint density at radius 3 is 2.59 bits per heavy atom. The molecular formula is C20H27N3O4. The van der Waals surface area contributed by atoms with E-state index in [1.165, 1.54) is 13.0 Å². The van der Waals surface area contributed by atoms with Gasteiger partial charge in [-0.2, -0.15) is 0 Å². The van der Waals surface area contributed by atoms with Crippen molar-refractivity contribution in [2.75, 3.05) is 25.0 Å². The van der Waals surface area contributed by atoms with E-state index >= 15 is 0 Å². The Morgan fingerprint density at radius 1 is 1.15 bits per heavy atom. The number of fused-ring (bicyclic) bond motifs is 1. The first-order valence-electron chi connectivity index (χ1n) is 9.26. The van der Waals surface area contributed by atoms with Crippen LogP contribution in [0.4, 0.5) is 5.69 Å². The molecule has 2 aromatic rings. The van der Waals surface area contributed by atoms with Crippen molar-refractivity contribution in [2.24, 2.45) is 0 Å². The lowest BCUT2D eigenvalue weighted by Crippen LogP contribution is -2.37. The van der Waals surface area contributed by atoms with Crippen LogP contribution >= 0.6 is 0 Å². The summed E-state index contributed by atoms with van der Waals surface area (Å²) in [5, 5.41) is 6.35. The summed E-state index contributed by atoms with van der Waals surface area (Å²) < 4.78 is 5.30. The first kappa shape index (κ1) is 20.6. The van der Waals surface area contributed by atoms with Crippen LogP contribution < -0.4 is 16.3 Å². The summed E-state index contributed by atoms with van der Waals surface area (Å²) in [6.07, 6.45) is 1.79. The third-order valence-electron chi connectivity index (χ3n) is 4.02. The number of rotatable bonds is 9. The highest BCUT2D eigenvalue weighted by Gasteiger charge is 2.14. The Hall–Kier alpha value is -2.67. The predicted octanol–water partition coefficient (Wildman–Crippen LogP) is 2.49. The molecule has 0 aliphatic rings. The fourth-order valence-electron chi connectivity index (χ4n) is 2.94. The van der Waals surface area contributed by atoms with E-state index in [0.29, 0.717) is 24.4 Å². The van der Waals surface area contributed by atoms with Gasteiger partial charge in [0.05, 0.1) is 6.54 Å². The number of nitrogens with one attached hydrogen (secondary N) is 2. The van der Waals surface area contributed by atoms with Crippen LogP contribution in [0.15, 0.2) is 33.5 Å². The zero-order valence-electron chi connectivity index (χ0n) is 16.1. The lowest BCUT2D eigenvalue weighted by atomic mass is 10.1. The van der Waals surface area contributed by atoms with Crippen LogP contribution in [0.1, 0.15) is 39.2 Å². The number of hydrogen-bond donors (Lipinski definition) is 2. The number of nitrogens with zero attached hydrogens (tertiary/aromatic N) is 1. The Balaban J connectivity index is 2.27. The van der Waals surface area contributed by atoms with Gasteiger partial charge in [-0.25, -0.2) is 4.79 Å². The van der Waals surface area contributed by atoms with Gasteiger partial charge in [-0.15, -0.1) is 0 Å². The maximum absolute atomic E-state index is 12.1. The molecule has 146 valence electrons. The van der Waals surface area contributed by atoms with Crippen LogP contribution in [0.3, 0.4) is 0 Å². The average molecular weight is 373 g/mol. The zero-order valence-corrected chi connectivity index (χ0v) is 16.1. The van der Waals surface area contributed by atoms with Crippen LogP contribution in [0, 0.1) is 0 Å². The third-order valence-corrected chi connectivity index (χ3v) is 4.02. The van der Waals surface area contributed by atoms with Crippen LogP contribution in [0.25, 0.3) is 11.0 Å². The van der Waals surface area contributed by atoms with Crippen molar-refractivity contribution < 1.29 is 14.0 Å². The van der Waals surface area contributed by atoms with E-state index in [1.807, 2.05) is 24.8 Å². The summed E-state index contributed by atoms with van der Waals surface area (Å²) in [5.41, 5.74) is 1.33.